The van der Waals surface area contributed by atoms with Crippen LogP contribution in [0.2, 0.25) is 0 Å². The average Bonchev–Trinajstić information content (AvgIpc) is 3.23. The average molecular weight is 443 g/mol. The Morgan fingerprint density at radius 3 is 1.88 bits per heavy atom. The lowest BCUT2D eigenvalue weighted by Crippen LogP contribution is -2.32. The number of ether oxygens (including phenoxy) is 4. The van der Waals surface area contributed by atoms with Crippen LogP contribution in [-0.2, 0) is 13.1 Å². The molecule has 1 N–H and O–H groups in total. The molecule has 1 unspecified atom stereocenters. The fourth-order valence-electron chi connectivity index (χ4n) is 4.06. The molecule has 1 aliphatic rings. The van der Waals surface area contributed by atoms with Crippen LogP contribution in [0.5, 0.6) is 23.0 Å². The van der Waals surface area contributed by atoms with Crippen molar-refractivity contribution in [1.82, 2.24) is 10.2 Å². The van der Waals surface area contributed by atoms with E-state index in [2.05, 4.69) is 34.5 Å². The fraction of sp³-hybridized carbons (Fsp3) is 0.538. The highest BCUT2D eigenvalue weighted by Crippen LogP contribution is 2.30. The maximum absolute atomic E-state index is 5.78. The van der Waals surface area contributed by atoms with Crippen molar-refractivity contribution in [3.63, 3.8) is 0 Å². The summed E-state index contributed by atoms with van der Waals surface area (Å²) < 4.78 is 22.9. The number of nitrogens with one attached hydrogen (secondary N) is 1. The van der Waals surface area contributed by atoms with E-state index in [-0.39, 0.29) is 0 Å². The summed E-state index contributed by atoms with van der Waals surface area (Å²) >= 11 is 0. The quantitative estimate of drug-likeness (QED) is 0.488. The van der Waals surface area contributed by atoms with Gasteiger partial charge in [-0.25, -0.2) is 0 Å². The summed E-state index contributed by atoms with van der Waals surface area (Å²) in [6.07, 6.45) is 1.14. The van der Waals surface area contributed by atoms with E-state index in [0.29, 0.717) is 32.5 Å². The monoisotopic (exact) mass is 442 g/mol. The molecule has 0 bridgehead atoms. The molecule has 0 radical (unpaired) electrons. The second-order valence-electron chi connectivity index (χ2n) is 7.90. The van der Waals surface area contributed by atoms with Gasteiger partial charge in [0, 0.05) is 32.2 Å². The number of hydrogen-bond donors (Lipinski definition) is 1. The third-order valence-corrected chi connectivity index (χ3v) is 5.49. The highest BCUT2D eigenvalue weighted by Gasteiger charge is 2.22. The molecule has 0 spiro atoms. The molecule has 32 heavy (non-hydrogen) atoms. The Morgan fingerprint density at radius 2 is 1.28 bits per heavy atom. The van der Waals surface area contributed by atoms with Crippen molar-refractivity contribution in [3.05, 3.63) is 47.5 Å². The molecule has 6 nitrogen and oxygen atoms in total. The summed E-state index contributed by atoms with van der Waals surface area (Å²) in [5.41, 5.74) is 2.47. The Labute approximate surface area is 192 Å². The van der Waals surface area contributed by atoms with Gasteiger partial charge in [0.2, 0.25) is 0 Å². The van der Waals surface area contributed by atoms with Gasteiger partial charge in [-0.1, -0.05) is 12.1 Å². The van der Waals surface area contributed by atoms with Crippen molar-refractivity contribution in [2.24, 2.45) is 0 Å². The van der Waals surface area contributed by atoms with Crippen molar-refractivity contribution < 1.29 is 18.9 Å². The molecule has 3 rings (SSSR count). The van der Waals surface area contributed by atoms with Crippen molar-refractivity contribution in [1.29, 1.82) is 0 Å². The van der Waals surface area contributed by atoms with Gasteiger partial charge in [-0.2, -0.15) is 0 Å². The van der Waals surface area contributed by atoms with E-state index in [1.54, 1.807) is 0 Å². The topological polar surface area (TPSA) is 52.2 Å². The van der Waals surface area contributed by atoms with Crippen LogP contribution < -0.4 is 24.3 Å². The van der Waals surface area contributed by atoms with E-state index < -0.39 is 0 Å². The van der Waals surface area contributed by atoms with E-state index >= 15 is 0 Å². The lowest BCUT2D eigenvalue weighted by molar-refractivity contribution is 0.285. The van der Waals surface area contributed by atoms with Crippen LogP contribution >= 0.6 is 0 Å². The highest BCUT2D eigenvalue weighted by atomic mass is 16.5. The molecular weight excluding hydrogens is 404 g/mol. The highest BCUT2D eigenvalue weighted by molar-refractivity contribution is 5.44. The van der Waals surface area contributed by atoms with Crippen LogP contribution in [0.15, 0.2) is 36.4 Å². The summed E-state index contributed by atoms with van der Waals surface area (Å²) in [4.78, 5) is 2.49. The summed E-state index contributed by atoms with van der Waals surface area (Å²) in [5.74, 6) is 3.29. The van der Waals surface area contributed by atoms with Crippen molar-refractivity contribution in [2.75, 3.05) is 39.5 Å². The molecular formula is C26H38N2O4. The number of nitrogens with zero attached hydrogens (tertiary/aromatic N) is 1. The van der Waals surface area contributed by atoms with Crippen LogP contribution in [0.3, 0.4) is 0 Å². The molecule has 1 saturated heterocycles. The molecule has 1 atom stereocenters. The standard InChI is InChI=1S/C26H38N2O4/c1-5-29-23-11-9-20(15-25(23)31-7-3)17-27-22-13-14-28(19-22)18-21-10-12-24(30-6-2)26(16-21)32-8-4/h9-12,15-16,22,27H,5-8,13-14,17-19H2,1-4H3. The normalized spacial score (nSPS) is 16.2. The van der Waals surface area contributed by atoms with E-state index in [1.807, 2.05) is 39.8 Å². The molecule has 6 heteroatoms. The zero-order valence-electron chi connectivity index (χ0n) is 20.0. The van der Waals surface area contributed by atoms with E-state index in [4.69, 9.17) is 18.9 Å². The molecule has 0 amide bonds. The Bertz CT molecular complexity index is 843. The van der Waals surface area contributed by atoms with Crippen LogP contribution in [0.25, 0.3) is 0 Å². The molecule has 1 fully saturated rings. The summed E-state index contributed by atoms with van der Waals surface area (Å²) in [6, 6.07) is 13.0. The minimum absolute atomic E-state index is 0.478. The maximum Gasteiger partial charge on any atom is 0.161 e. The van der Waals surface area contributed by atoms with Gasteiger partial charge in [-0.3, -0.25) is 4.90 Å². The second kappa shape index (κ2) is 12.6. The SMILES string of the molecule is CCOc1ccc(CNC2CCN(Cc3ccc(OCC)c(OCC)c3)C2)cc1OCC. The predicted molar refractivity (Wildman–Crippen MR) is 128 cm³/mol. The van der Waals surface area contributed by atoms with Gasteiger partial charge >= 0.3 is 0 Å². The molecule has 2 aromatic rings. The smallest absolute Gasteiger partial charge is 0.161 e. The van der Waals surface area contributed by atoms with Gasteiger partial charge in [0.1, 0.15) is 0 Å². The number of rotatable bonds is 13. The third-order valence-electron chi connectivity index (χ3n) is 5.49. The minimum Gasteiger partial charge on any atom is -0.490 e. The molecule has 2 aromatic carbocycles. The van der Waals surface area contributed by atoms with E-state index in [1.165, 1.54) is 11.1 Å². The fourth-order valence-corrected chi connectivity index (χ4v) is 4.06. The molecule has 0 aliphatic carbocycles. The Hall–Kier alpha value is -2.44. The zero-order chi connectivity index (χ0) is 22.8. The van der Waals surface area contributed by atoms with Gasteiger partial charge in [0.25, 0.3) is 0 Å². The van der Waals surface area contributed by atoms with Crippen molar-refractivity contribution in [3.8, 4) is 23.0 Å². The first-order valence-electron chi connectivity index (χ1n) is 11.9. The first-order chi connectivity index (χ1) is 15.7. The van der Waals surface area contributed by atoms with Gasteiger partial charge in [-0.05, 0) is 69.5 Å². The van der Waals surface area contributed by atoms with Gasteiger partial charge in [0.05, 0.1) is 26.4 Å². The van der Waals surface area contributed by atoms with Crippen LogP contribution in [0.1, 0.15) is 45.2 Å². The van der Waals surface area contributed by atoms with Crippen LogP contribution in [0, 0.1) is 0 Å². The molecule has 0 aromatic heterocycles. The Balaban J connectivity index is 1.53. The Morgan fingerprint density at radius 1 is 0.750 bits per heavy atom. The first kappa shape index (κ1) is 24.2. The maximum atomic E-state index is 5.78. The van der Waals surface area contributed by atoms with Crippen LogP contribution in [0.4, 0.5) is 0 Å². The van der Waals surface area contributed by atoms with Gasteiger partial charge in [0.15, 0.2) is 23.0 Å². The van der Waals surface area contributed by atoms with Crippen molar-refractivity contribution in [2.45, 2.75) is 53.2 Å². The minimum atomic E-state index is 0.478. The lowest BCUT2D eigenvalue weighted by atomic mass is 10.1. The van der Waals surface area contributed by atoms with E-state index in [9.17, 15) is 0 Å². The molecule has 1 heterocycles. The molecule has 176 valence electrons. The third kappa shape index (κ3) is 6.78. The second-order valence-corrected chi connectivity index (χ2v) is 7.90. The summed E-state index contributed by atoms with van der Waals surface area (Å²) in [7, 11) is 0. The van der Waals surface area contributed by atoms with Crippen LogP contribution in [-0.4, -0.2) is 50.5 Å². The molecule has 0 saturated carbocycles. The molecule has 1 aliphatic heterocycles. The van der Waals surface area contributed by atoms with Gasteiger partial charge < -0.3 is 24.3 Å². The lowest BCUT2D eigenvalue weighted by Gasteiger charge is -2.19. The number of benzene rings is 2. The van der Waals surface area contributed by atoms with E-state index in [0.717, 1.165) is 55.6 Å². The van der Waals surface area contributed by atoms with Crippen molar-refractivity contribution >= 4 is 0 Å². The summed E-state index contributed by atoms with van der Waals surface area (Å²) in [5, 5.41) is 3.71. The Kier molecular flexibility index (Phi) is 9.50. The zero-order valence-corrected chi connectivity index (χ0v) is 20.0. The summed E-state index contributed by atoms with van der Waals surface area (Å²) in [6.45, 7) is 14.4. The number of likely N-dealkylation sites (tertiary alicyclic amines) is 1. The predicted octanol–water partition coefficient (Wildman–Crippen LogP) is 4.65. The number of hydrogen-bond acceptors (Lipinski definition) is 6. The largest absolute Gasteiger partial charge is 0.490 e. The first-order valence-corrected chi connectivity index (χ1v) is 11.9. The van der Waals surface area contributed by atoms with Gasteiger partial charge in [-0.15, -0.1) is 0 Å².